The maximum atomic E-state index is 11.7. The van der Waals surface area contributed by atoms with Gasteiger partial charge in [0.05, 0.1) is 5.69 Å². The molecule has 1 N–H and O–H groups in total. The summed E-state index contributed by atoms with van der Waals surface area (Å²) < 4.78 is 0. The zero-order chi connectivity index (χ0) is 13.1. The molecule has 0 bridgehead atoms. The molecule has 1 atom stereocenters. The molecule has 18 heavy (non-hydrogen) atoms. The average molecular weight is 246 g/mol. The zero-order valence-corrected chi connectivity index (χ0v) is 10.8. The molecular weight excluding hydrogens is 228 g/mol. The van der Waals surface area contributed by atoms with Gasteiger partial charge in [-0.3, -0.25) is 14.5 Å². The highest BCUT2D eigenvalue weighted by atomic mass is 16.2. The van der Waals surface area contributed by atoms with Crippen molar-refractivity contribution in [2.75, 3.05) is 11.4 Å². The van der Waals surface area contributed by atoms with Gasteiger partial charge in [0, 0.05) is 18.9 Å². The summed E-state index contributed by atoms with van der Waals surface area (Å²) in [6.45, 7) is 5.00. The molecule has 0 radical (unpaired) electrons. The zero-order valence-electron chi connectivity index (χ0n) is 10.8. The predicted molar refractivity (Wildman–Crippen MR) is 70.3 cm³/mol. The van der Waals surface area contributed by atoms with E-state index >= 15 is 0 Å². The monoisotopic (exact) mass is 246 g/mol. The van der Waals surface area contributed by atoms with Crippen LogP contribution in [0, 0.1) is 0 Å². The van der Waals surface area contributed by atoms with Crippen LogP contribution in [0.3, 0.4) is 0 Å². The number of rotatable bonds is 4. The molecule has 1 aliphatic rings. The molecule has 1 aliphatic heterocycles. The highest BCUT2D eigenvalue weighted by molar-refractivity contribution is 6.19. The van der Waals surface area contributed by atoms with Crippen LogP contribution in [0.5, 0.6) is 0 Å². The Morgan fingerprint density at radius 2 is 1.94 bits per heavy atom. The van der Waals surface area contributed by atoms with Crippen LogP contribution < -0.4 is 10.2 Å². The minimum Gasteiger partial charge on any atom is -0.310 e. The fourth-order valence-corrected chi connectivity index (χ4v) is 2.22. The van der Waals surface area contributed by atoms with Crippen LogP contribution in [0.1, 0.15) is 38.3 Å². The van der Waals surface area contributed by atoms with Gasteiger partial charge >= 0.3 is 0 Å². The summed E-state index contributed by atoms with van der Waals surface area (Å²) in [5.74, 6) is -0.207. The number of nitrogens with zero attached hydrogens (tertiary/aromatic N) is 1. The van der Waals surface area contributed by atoms with Crippen molar-refractivity contribution in [2.45, 2.75) is 32.7 Å². The van der Waals surface area contributed by atoms with Crippen LogP contribution >= 0.6 is 0 Å². The molecule has 0 aromatic heterocycles. The molecule has 4 nitrogen and oxygen atoms in total. The van der Waals surface area contributed by atoms with Crippen LogP contribution in [0.15, 0.2) is 24.3 Å². The standard InChI is InChI=1S/C14H18N2O2/c1-3-15-10(2)11-5-4-6-12(9-11)16-13(17)7-8-14(16)18/h4-6,9-10,15H,3,7-8H2,1-2H3. The van der Waals surface area contributed by atoms with Gasteiger partial charge in [-0.05, 0) is 31.2 Å². The van der Waals surface area contributed by atoms with E-state index in [0.717, 1.165) is 12.1 Å². The van der Waals surface area contributed by atoms with E-state index in [-0.39, 0.29) is 17.9 Å². The van der Waals surface area contributed by atoms with E-state index in [9.17, 15) is 9.59 Å². The third-order valence-corrected chi connectivity index (χ3v) is 3.19. The number of nitrogens with one attached hydrogen (secondary N) is 1. The SMILES string of the molecule is CCNC(C)c1cccc(N2C(=O)CCC2=O)c1. The van der Waals surface area contributed by atoms with Gasteiger partial charge in [-0.25, -0.2) is 0 Å². The Balaban J connectivity index is 2.27. The second-order valence-corrected chi connectivity index (χ2v) is 4.50. The number of imide groups is 1. The number of hydrogen-bond donors (Lipinski definition) is 1. The lowest BCUT2D eigenvalue weighted by molar-refractivity contribution is -0.121. The van der Waals surface area contributed by atoms with Crippen molar-refractivity contribution in [3.63, 3.8) is 0 Å². The first kappa shape index (κ1) is 12.8. The molecular formula is C14H18N2O2. The number of carbonyl (C=O) groups excluding carboxylic acids is 2. The first-order valence-corrected chi connectivity index (χ1v) is 6.32. The fourth-order valence-electron chi connectivity index (χ4n) is 2.22. The van der Waals surface area contributed by atoms with Gasteiger partial charge in [-0.2, -0.15) is 0 Å². The molecule has 2 rings (SSSR count). The predicted octanol–water partition coefficient (Wildman–Crippen LogP) is 2.01. The molecule has 4 heteroatoms. The Morgan fingerprint density at radius 3 is 2.56 bits per heavy atom. The van der Waals surface area contributed by atoms with Gasteiger partial charge in [-0.15, -0.1) is 0 Å². The normalized spacial score (nSPS) is 17.3. The van der Waals surface area contributed by atoms with Crippen LogP contribution in [0.4, 0.5) is 5.69 Å². The summed E-state index contributed by atoms with van der Waals surface area (Å²) in [5.41, 5.74) is 1.77. The van der Waals surface area contributed by atoms with Crippen LogP contribution in [-0.4, -0.2) is 18.4 Å². The van der Waals surface area contributed by atoms with Crippen molar-refractivity contribution < 1.29 is 9.59 Å². The number of amides is 2. The van der Waals surface area contributed by atoms with Crippen molar-refractivity contribution in [1.29, 1.82) is 0 Å². The van der Waals surface area contributed by atoms with Crippen molar-refractivity contribution in [2.24, 2.45) is 0 Å². The van der Waals surface area contributed by atoms with Crippen LogP contribution in [-0.2, 0) is 9.59 Å². The van der Waals surface area contributed by atoms with Gasteiger partial charge in [0.1, 0.15) is 0 Å². The van der Waals surface area contributed by atoms with Gasteiger partial charge in [0.2, 0.25) is 11.8 Å². The van der Waals surface area contributed by atoms with Gasteiger partial charge in [0.15, 0.2) is 0 Å². The molecule has 0 spiro atoms. The Morgan fingerprint density at radius 1 is 1.28 bits per heavy atom. The fraction of sp³-hybridized carbons (Fsp3) is 0.429. The summed E-state index contributed by atoms with van der Waals surface area (Å²) in [4.78, 5) is 24.7. The Kier molecular flexibility index (Phi) is 3.77. The Bertz CT molecular complexity index is 455. The van der Waals surface area contributed by atoms with Crippen LogP contribution in [0.2, 0.25) is 0 Å². The van der Waals surface area contributed by atoms with E-state index in [1.807, 2.05) is 31.2 Å². The van der Waals surface area contributed by atoms with E-state index in [1.54, 1.807) is 0 Å². The molecule has 0 saturated carbocycles. The molecule has 1 heterocycles. The maximum Gasteiger partial charge on any atom is 0.234 e. The van der Waals surface area contributed by atoms with Crippen molar-refractivity contribution in [1.82, 2.24) is 5.32 Å². The minimum atomic E-state index is -0.103. The number of carbonyl (C=O) groups is 2. The lowest BCUT2D eigenvalue weighted by Gasteiger charge is -2.18. The van der Waals surface area contributed by atoms with Crippen molar-refractivity contribution in [3.8, 4) is 0 Å². The lowest BCUT2D eigenvalue weighted by Crippen LogP contribution is -2.28. The maximum absolute atomic E-state index is 11.7. The number of benzene rings is 1. The first-order chi connectivity index (χ1) is 8.63. The Hall–Kier alpha value is -1.68. The molecule has 96 valence electrons. The van der Waals surface area contributed by atoms with Crippen molar-refractivity contribution in [3.05, 3.63) is 29.8 Å². The second kappa shape index (κ2) is 5.31. The smallest absolute Gasteiger partial charge is 0.234 e. The molecule has 2 amide bonds. The molecule has 1 saturated heterocycles. The third-order valence-electron chi connectivity index (χ3n) is 3.19. The molecule has 1 unspecified atom stereocenters. The summed E-state index contributed by atoms with van der Waals surface area (Å²) in [6.07, 6.45) is 0.650. The van der Waals surface area contributed by atoms with E-state index in [2.05, 4.69) is 12.2 Å². The molecule has 1 fully saturated rings. The molecule has 1 aromatic rings. The van der Waals surface area contributed by atoms with Gasteiger partial charge < -0.3 is 5.32 Å². The van der Waals surface area contributed by atoms with Crippen LogP contribution in [0.25, 0.3) is 0 Å². The summed E-state index contributed by atoms with van der Waals surface area (Å²) in [5, 5.41) is 3.31. The number of anilines is 1. The summed E-state index contributed by atoms with van der Waals surface area (Å²) in [7, 11) is 0. The van der Waals surface area contributed by atoms with Gasteiger partial charge in [-0.1, -0.05) is 19.1 Å². The lowest BCUT2D eigenvalue weighted by atomic mass is 10.1. The molecule has 0 aliphatic carbocycles. The highest BCUT2D eigenvalue weighted by Gasteiger charge is 2.30. The van der Waals surface area contributed by atoms with E-state index in [4.69, 9.17) is 0 Å². The quantitative estimate of drug-likeness (QED) is 0.827. The van der Waals surface area contributed by atoms with E-state index < -0.39 is 0 Å². The molecule has 1 aromatic carbocycles. The first-order valence-electron chi connectivity index (χ1n) is 6.32. The minimum absolute atomic E-state index is 0.103. The summed E-state index contributed by atoms with van der Waals surface area (Å²) in [6, 6.07) is 7.82. The van der Waals surface area contributed by atoms with E-state index in [0.29, 0.717) is 18.5 Å². The summed E-state index contributed by atoms with van der Waals surface area (Å²) >= 11 is 0. The third kappa shape index (κ3) is 2.43. The Labute approximate surface area is 107 Å². The van der Waals surface area contributed by atoms with Crippen molar-refractivity contribution >= 4 is 17.5 Å². The highest BCUT2D eigenvalue weighted by Crippen LogP contribution is 2.25. The largest absolute Gasteiger partial charge is 0.310 e. The second-order valence-electron chi connectivity index (χ2n) is 4.50. The average Bonchev–Trinajstić information content (AvgIpc) is 2.69. The van der Waals surface area contributed by atoms with Gasteiger partial charge in [0.25, 0.3) is 0 Å². The topological polar surface area (TPSA) is 49.4 Å². The number of hydrogen-bond acceptors (Lipinski definition) is 3. The van der Waals surface area contributed by atoms with E-state index in [1.165, 1.54) is 4.90 Å².